The third-order valence-electron chi connectivity index (χ3n) is 5.87. The fraction of sp³-hybridized carbons (Fsp3) is 0.458. The maximum atomic E-state index is 13.2. The number of aromatic nitrogens is 2. The first-order chi connectivity index (χ1) is 15.9. The molecule has 0 bridgehead atoms. The average Bonchev–Trinajstić information content (AvgIpc) is 2.95. The minimum atomic E-state index is -0.422. The van der Waals surface area contributed by atoms with Crippen LogP contribution in [-0.4, -0.2) is 28.8 Å². The highest BCUT2D eigenvalue weighted by Gasteiger charge is 2.22. The zero-order valence-corrected chi connectivity index (χ0v) is 20.3. The average molecular weight is 471 g/mol. The number of hydrogen-bond donors (Lipinski definition) is 2. The van der Waals surface area contributed by atoms with E-state index in [9.17, 15) is 9.59 Å². The van der Waals surface area contributed by atoms with Crippen molar-refractivity contribution in [3.8, 4) is 11.5 Å². The van der Waals surface area contributed by atoms with Gasteiger partial charge in [0.15, 0.2) is 0 Å². The van der Waals surface area contributed by atoms with Crippen molar-refractivity contribution in [2.45, 2.75) is 53.5 Å². The van der Waals surface area contributed by atoms with Crippen LogP contribution in [0.15, 0.2) is 23.0 Å². The van der Waals surface area contributed by atoms with Gasteiger partial charge < -0.3 is 14.8 Å². The predicted molar refractivity (Wildman–Crippen MR) is 132 cm³/mol. The third-order valence-corrected chi connectivity index (χ3v) is 6.97. The van der Waals surface area contributed by atoms with Crippen molar-refractivity contribution in [1.29, 1.82) is 0 Å². The van der Waals surface area contributed by atoms with Gasteiger partial charge in [0, 0.05) is 19.0 Å². The molecule has 0 fully saturated rings. The van der Waals surface area contributed by atoms with Gasteiger partial charge >= 0.3 is 6.03 Å². The summed E-state index contributed by atoms with van der Waals surface area (Å²) < 4.78 is 13.0. The molecule has 4 rings (SSSR count). The van der Waals surface area contributed by atoms with E-state index in [0.29, 0.717) is 58.1 Å². The van der Waals surface area contributed by atoms with E-state index in [1.54, 1.807) is 18.2 Å². The summed E-state index contributed by atoms with van der Waals surface area (Å²) in [5, 5.41) is 6.93. The molecule has 9 heteroatoms. The molecule has 1 aliphatic heterocycles. The largest absolute Gasteiger partial charge is 0.494 e. The van der Waals surface area contributed by atoms with Crippen molar-refractivity contribution < 1.29 is 14.3 Å². The normalized spacial score (nSPS) is 15.6. The molecule has 3 aromatic rings. The van der Waals surface area contributed by atoms with E-state index in [1.165, 1.54) is 11.3 Å². The van der Waals surface area contributed by atoms with Crippen LogP contribution in [0.4, 0.5) is 15.5 Å². The minimum absolute atomic E-state index is 0.0191. The molecule has 0 radical (unpaired) electrons. The monoisotopic (exact) mass is 470 g/mol. The Kier molecular flexibility index (Phi) is 6.88. The van der Waals surface area contributed by atoms with Crippen LogP contribution in [0, 0.1) is 12.8 Å². The Morgan fingerprint density at radius 1 is 1.21 bits per heavy atom. The summed E-state index contributed by atoms with van der Waals surface area (Å²) in [7, 11) is 0. The number of carbonyl (C=O) groups is 1. The molecule has 0 aliphatic carbocycles. The molecule has 176 valence electrons. The Balaban J connectivity index is 1.60. The fourth-order valence-electron chi connectivity index (χ4n) is 4.07. The molecule has 1 aromatic carbocycles. The van der Waals surface area contributed by atoms with E-state index < -0.39 is 6.03 Å². The maximum Gasteiger partial charge on any atom is 0.324 e. The lowest BCUT2D eigenvalue weighted by Crippen LogP contribution is -2.24. The minimum Gasteiger partial charge on any atom is -0.494 e. The molecule has 0 saturated heterocycles. The van der Waals surface area contributed by atoms with Crippen LogP contribution < -0.4 is 25.7 Å². The number of carbonyl (C=O) groups excluding carboxylic acids is 1. The van der Waals surface area contributed by atoms with Gasteiger partial charge in [-0.3, -0.25) is 14.7 Å². The molecule has 2 amide bonds. The van der Waals surface area contributed by atoms with E-state index >= 15 is 0 Å². The lowest BCUT2D eigenvalue weighted by molar-refractivity contribution is 0.262. The molecule has 0 spiro atoms. The fourth-order valence-corrected chi connectivity index (χ4v) is 5.16. The molecule has 2 aromatic heterocycles. The number of nitrogens with one attached hydrogen (secondary N) is 2. The van der Waals surface area contributed by atoms with Crippen molar-refractivity contribution in [3.05, 3.63) is 39.9 Å². The summed E-state index contributed by atoms with van der Waals surface area (Å²) in [5.41, 5.74) is 1.23. The molecule has 1 atom stereocenters. The number of anilines is 2. The summed E-state index contributed by atoms with van der Waals surface area (Å²) in [4.78, 5) is 31.5. The van der Waals surface area contributed by atoms with Gasteiger partial charge in [-0.05, 0) is 57.2 Å². The Bertz CT molecular complexity index is 1230. The van der Waals surface area contributed by atoms with E-state index in [0.717, 1.165) is 30.7 Å². The third kappa shape index (κ3) is 4.83. The van der Waals surface area contributed by atoms with Gasteiger partial charge in [-0.2, -0.15) is 0 Å². The van der Waals surface area contributed by atoms with Gasteiger partial charge in [0.25, 0.3) is 5.56 Å². The SMILES string of the molecule is CCOc1ccc(OCC)c(NC(=O)Nc2sc3nc4n(c(=O)c3c2C)CC[C@H](C)CC4)c1. The first-order valence-corrected chi connectivity index (χ1v) is 12.2. The number of benzene rings is 1. The van der Waals surface area contributed by atoms with Crippen LogP contribution in [0.1, 0.15) is 45.0 Å². The van der Waals surface area contributed by atoms with Crippen LogP contribution in [0.5, 0.6) is 11.5 Å². The number of fused-ring (bicyclic) bond motifs is 2. The van der Waals surface area contributed by atoms with Gasteiger partial charge in [-0.15, -0.1) is 0 Å². The Hall–Kier alpha value is -3.07. The lowest BCUT2D eigenvalue weighted by atomic mass is 10.0. The van der Waals surface area contributed by atoms with E-state index in [2.05, 4.69) is 17.6 Å². The predicted octanol–water partition coefficient (Wildman–Crippen LogP) is 5.18. The van der Waals surface area contributed by atoms with E-state index in [4.69, 9.17) is 14.5 Å². The summed E-state index contributed by atoms with van der Waals surface area (Å²) in [6.07, 6.45) is 2.79. The van der Waals surface area contributed by atoms with Crippen molar-refractivity contribution in [2.24, 2.45) is 5.92 Å². The topological polar surface area (TPSA) is 94.5 Å². The summed E-state index contributed by atoms with van der Waals surface area (Å²) in [6.45, 7) is 9.53. The summed E-state index contributed by atoms with van der Waals surface area (Å²) in [6, 6.07) is 4.89. The molecule has 1 aliphatic rings. The highest BCUT2D eigenvalue weighted by atomic mass is 32.1. The molecular formula is C24H30N4O4S. The number of thiophene rings is 1. The molecule has 8 nitrogen and oxygen atoms in total. The van der Waals surface area contributed by atoms with Gasteiger partial charge in [0.1, 0.15) is 27.2 Å². The van der Waals surface area contributed by atoms with Gasteiger partial charge in [-0.1, -0.05) is 18.3 Å². The lowest BCUT2D eigenvalue weighted by Gasteiger charge is -2.14. The zero-order chi connectivity index (χ0) is 23.5. The van der Waals surface area contributed by atoms with Gasteiger partial charge in [0.2, 0.25) is 0 Å². The summed E-state index contributed by atoms with van der Waals surface area (Å²) in [5.74, 6) is 2.61. The second-order valence-corrected chi connectivity index (χ2v) is 9.26. The van der Waals surface area contributed by atoms with Crippen LogP contribution in [0.3, 0.4) is 0 Å². The number of hydrogen-bond acceptors (Lipinski definition) is 6. The number of ether oxygens (including phenoxy) is 2. The van der Waals surface area contributed by atoms with Crippen LogP contribution in [0.25, 0.3) is 10.2 Å². The number of urea groups is 1. The Morgan fingerprint density at radius 3 is 2.76 bits per heavy atom. The summed E-state index contributed by atoms with van der Waals surface area (Å²) >= 11 is 1.33. The number of amides is 2. The Morgan fingerprint density at radius 2 is 2.00 bits per heavy atom. The number of rotatable bonds is 6. The van der Waals surface area contributed by atoms with Crippen LogP contribution >= 0.6 is 11.3 Å². The van der Waals surface area contributed by atoms with Crippen molar-refractivity contribution in [2.75, 3.05) is 23.8 Å². The number of nitrogens with zero attached hydrogens (tertiary/aromatic N) is 2. The van der Waals surface area contributed by atoms with Crippen molar-refractivity contribution in [3.63, 3.8) is 0 Å². The first-order valence-electron chi connectivity index (χ1n) is 11.4. The van der Waals surface area contributed by atoms with Crippen molar-refractivity contribution in [1.82, 2.24) is 9.55 Å². The van der Waals surface area contributed by atoms with Crippen molar-refractivity contribution >= 4 is 38.3 Å². The highest BCUT2D eigenvalue weighted by Crippen LogP contribution is 2.34. The molecule has 33 heavy (non-hydrogen) atoms. The second kappa shape index (κ2) is 9.82. The van der Waals surface area contributed by atoms with Crippen LogP contribution in [0.2, 0.25) is 0 Å². The first kappa shape index (κ1) is 23.1. The maximum absolute atomic E-state index is 13.2. The second-order valence-electron chi connectivity index (χ2n) is 8.26. The van der Waals surface area contributed by atoms with Gasteiger partial charge in [-0.25, -0.2) is 9.78 Å². The molecule has 2 N–H and O–H groups in total. The Labute approximate surface area is 196 Å². The number of aryl methyl sites for hydroxylation is 2. The molecule has 0 unspecified atom stereocenters. The van der Waals surface area contributed by atoms with Gasteiger partial charge in [0.05, 0.1) is 24.3 Å². The van der Waals surface area contributed by atoms with E-state index in [-0.39, 0.29) is 5.56 Å². The molecular weight excluding hydrogens is 440 g/mol. The quantitative estimate of drug-likeness (QED) is 0.518. The zero-order valence-electron chi connectivity index (χ0n) is 19.5. The standard InChI is InChI=1S/C24H30N4O4S/c1-5-31-16-8-9-18(32-6-2)17(13-16)25-24(30)27-21-15(4)20-22(33-21)26-19-10-7-14(3)11-12-28(19)23(20)29/h8-9,13-14H,5-7,10-12H2,1-4H3,(H2,25,27,30)/t14-/m1/s1. The highest BCUT2D eigenvalue weighted by molar-refractivity contribution is 7.22. The molecule has 0 saturated carbocycles. The van der Waals surface area contributed by atoms with Crippen LogP contribution in [-0.2, 0) is 13.0 Å². The van der Waals surface area contributed by atoms with E-state index in [1.807, 2.05) is 25.3 Å². The smallest absolute Gasteiger partial charge is 0.324 e. The molecule has 3 heterocycles.